The second-order valence-electron chi connectivity index (χ2n) is 5.98. The van der Waals surface area contributed by atoms with Crippen molar-refractivity contribution in [2.75, 3.05) is 26.2 Å². The van der Waals surface area contributed by atoms with E-state index >= 15 is 0 Å². The number of hydrogen-bond acceptors (Lipinski definition) is 6. The van der Waals surface area contributed by atoms with Crippen molar-refractivity contribution < 1.29 is 9.66 Å². The van der Waals surface area contributed by atoms with Crippen LogP contribution in [0.15, 0.2) is 36.3 Å². The smallest absolute Gasteiger partial charge is 0.273 e. The molecule has 132 valence electrons. The normalized spacial score (nSPS) is 15.9. The first kappa shape index (κ1) is 18.1. The first-order chi connectivity index (χ1) is 11.6. The van der Waals surface area contributed by atoms with Crippen molar-refractivity contribution in [3.05, 3.63) is 52.0 Å². The summed E-state index contributed by atoms with van der Waals surface area (Å²) in [6.45, 7) is 4.39. The summed E-state index contributed by atoms with van der Waals surface area (Å²) in [5.74, 6) is 0.918. The third-order valence-corrected chi connectivity index (χ3v) is 3.92. The first-order valence-corrected chi connectivity index (χ1v) is 8.42. The molecule has 1 aromatic rings. The van der Waals surface area contributed by atoms with Crippen LogP contribution in [-0.2, 0) is 6.54 Å². The average molecular weight is 334 g/mol. The SMILES string of the molecule is NC(=C[N+](=O)[O-])NCCCOc1cccc(CN2CCCCC2)c1. The fourth-order valence-electron chi connectivity index (χ4n) is 2.76. The third-order valence-electron chi connectivity index (χ3n) is 3.92. The summed E-state index contributed by atoms with van der Waals surface area (Å²) in [5, 5.41) is 13.0. The first-order valence-electron chi connectivity index (χ1n) is 8.42. The van der Waals surface area contributed by atoms with Crippen LogP contribution in [0.4, 0.5) is 0 Å². The van der Waals surface area contributed by atoms with Crippen LogP contribution in [0, 0.1) is 10.1 Å². The van der Waals surface area contributed by atoms with Crippen LogP contribution in [0.5, 0.6) is 5.75 Å². The quantitative estimate of drug-likeness (QED) is 0.408. The fourth-order valence-corrected chi connectivity index (χ4v) is 2.76. The van der Waals surface area contributed by atoms with E-state index in [0.717, 1.165) is 18.5 Å². The Morgan fingerprint density at radius 1 is 1.38 bits per heavy atom. The Morgan fingerprint density at radius 3 is 2.92 bits per heavy atom. The molecule has 0 amide bonds. The van der Waals surface area contributed by atoms with Crippen LogP contribution in [0.1, 0.15) is 31.2 Å². The number of nitrogens with zero attached hydrogens (tertiary/aromatic N) is 2. The number of piperidine rings is 1. The maximum Gasteiger partial charge on any atom is 0.273 e. The van der Waals surface area contributed by atoms with Gasteiger partial charge in [-0.3, -0.25) is 15.0 Å². The van der Waals surface area contributed by atoms with Gasteiger partial charge in [0, 0.05) is 13.1 Å². The summed E-state index contributed by atoms with van der Waals surface area (Å²) in [6.07, 6.45) is 5.39. The zero-order valence-electron chi connectivity index (χ0n) is 13.9. The number of rotatable bonds is 9. The van der Waals surface area contributed by atoms with Gasteiger partial charge in [-0.2, -0.15) is 0 Å². The standard InChI is InChI=1S/C17H26N4O3/c18-17(14-21(22)23)19-8-5-11-24-16-7-4-6-15(12-16)13-20-9-2-1-3-10-20/h4,6-7,12,14,19H,1-3,5,8-11,13,18H2. The Balaban J connectivity index is 1.69. The van der Waals surface area contributed by atoms with Gasteiger partial charge in [-0.25, -0.2) is 0 Å². The minimum atomic E-state index is -0.577. The zero-order valence-corrected chi connectivity index (χ0v) is 13.9. The van der Waals surface area contributed by atoms with Crippen LogP contribution >= 0.6 is 0 Å². The van der Waals surface area contributed by atoms with Crippen LogP contribution in [0.3, 0.4) is 0 Å². The number of ether oxygens (including phenoxy) is 1. The molecular formula is C17H26N4O3. The molecule has 1 aromatic carbocycles. The minimum Gasteiger partial charge on any atom is -0.494 e. The van der Waals surface area contributed by atoms with Gasteiger partial charge in [0.15, 0.2) is 5.82 Å². The van der Waals surface area contributed by atoms with E-state index in [1.165, 1.54) is 37.9 Å². The minimum absolute atomic E-state index is 0.0588. The summed E-state index contributed by atoms with van der Waals surface area (Å²) >= 11 is 0. The molecule has 0 atom stereocenters. The number of nitro groups is 1. The van der Waals surface area contributed by atoms with Crippen molar-refractivity contribution in [1.29, 1.82) is 0 Å². The summed E-state index contributed by atoms with van der Waals surface area (Å²) in [6, 6.07) is 8.19. The van der Waals surface area contributed by atoms with Crippen molar-refractivity contribution in [2.24, 2.45) is 5.73 Å². The molecule has 0 radical (unpaired) electrons. The molecule has 2 rings (SSSR count). The van der Waals surface area contributed by atoms with Gasteiger partial charge >= 0.3 is 0 Å². The van der Waals surface area contributed by atoms with Gasteiger partial charge in [0.2, 0.25) is 0 Å². The zero-order chi connectivity index (χ0) is 17.2. The molecule has 1 saturated heterocycles. The number of benzene rings is 1. The predicted octanol–water partition coefficient (Wildman–Crippen LogP) is 2.07. The van der Waals surface area contributed by atoms with Crippen molar-refractivity contribution in [1.82, 2.24) is 10.2 Å². The van der Waals surface area contributed by atoms with Crippen LogP contribution in [0.2, 0.25) is 0 Å². The number of hydrogen-bond donors (Lipinski definition) is 2. The van der Waals surface area contributed by atoms with E-state index in [0.29, 0.717) is 19.6 Å². The molecule has 1 fully saturated rings. The Kier molecular flexibility index (Phi) is 7.35. The lowest BCUT2D eigenvalue weighted by Gasteiger charge is -2.26. The van der Waals surface area contributed by atoms with Crippen molar-refractivity contribution >= 4 is 0 Å². The number of nitrogens with one attached hydrogen (secondary N) is 1. The molecule has 1 heterocycles. The molecule has 0 unspecified atom stereocenters. The van der Waals surface area contributed by atoms with E-state index in [1.807, 2.05) is 12.1 Å². The van der Waals surface area contributed by atoms with E-state index in [1.54, 1.807) is 0 Å². The van der Waals surface area contributed by atoms with Crippen LogP contribution in [-0.4, -0.2) is 36.1 Å². The Bertz CT molecular complexity index is 557. The molecular weight excluding hydrogens is 308 g/mol. The van der Waals surface area contributed by atoms with Gasteiger partial charge in [0.25, 0.3) is 6.20 Å². The second-order valence-corrected chi connectivity index (χ2v) is 5.98. The number of likely N-dealkylation sites (tertiary alicyclic amines) is 1. The van der Waals surface area contributed by atoms with Gasteiger partial charge in [-0.1, -0.05) is 18.6 Å². The van der Waals surface area contributed by atoms with E-state index in [2.05, 4.69) is 22.3 Å². The summed E-state index contributed by atoms with van der Waals surface area (Å²) in [5.41, 5.74) is 6.71. The second kappa shape index (κ2) is 9.77. The van der Waals surface area contributed by atoms with Crippen molar-refractivity contribution in [3.8, 4) is 5.75 Å². The molecule has 3 N–H and O–H groups in total. The van der Waals surface area contributed by atoms with Gasteiger partial charge in [-0.05, 0) is 50.0 Å². The third kappa shape index (κ3) is 6.87. The van der Waals surface area contributed by atoms with E-state index < -0.39 is 4.92 Å². The maximum atomic E-state index is 10.2. The number of nitrogens with two attached hydrogens (primary N) is 1. The highest BCUT2D eigenvalue weighted by molar-refractivity contribution is 5.28. The molecule has 0 saturated carbocycles. The summed E-state index contributed by atoms with van der Waals surface area (Å²) < 4.78 is 5.75. The molecule has 24 heavy (non-hydrogen) atoms. The average Bonchev–Trinajstić information content (AvgIpc) is 2.55. The fraction of sp³-hybridized carbons (Fsp3) is 0.529. The summed E-state index contributed by atoms with van der Waals surface area (Å²) in [4.78, 5) is 12.1. The lowest BCUT2D eigenvalue weighted by molar-refractivity contribution is -0.403. The lowest BCUT2D eigenvalue weighted by atomic mass is 10.1. The molecule has 7 heteroatoms. The Morgan fingerprint density at radius 2 is 2.17 bits per heavy atom. The monoisotopic (exact) mass is 334 g/mol. The Hall–Kier alpha value is -2.28. The van der Waals surface area contributed by atoms with Gasteiger partial charge in [0.05, 0.1) is 11.5 Å². The molecule has 0 spiro atoms. The van der Waals surface area contributed by atoms with Crippen LogP contribution < -0.4 is 15.8 Å². The topological polar surface area (TPSA) is 93.7 Å². The highest BCUT2D eigenvalue weighted by Gasteiger charge is 2.10. The van der Waals surface area contributed by atoms with E-state index in [4.69, 9.17) is 10.5 Å². The molecule has 0 bridgehead atoms. The van der Waals surface area contributed by atoms with Gasteiger partial charge < -0.3 is 15.8 Å². The molecule has 7 nitrogen and oxygen atoms in total. The molecule has 0 aliphatic carbocycles. The lowest BCUT2D eigenvalue weighted by Crippen LogP contribution is -2.29. The molecule has 0 aromatic heterocycles. The van der Waals surface area contributed by atoms with Gasteiger partial charge in [0.1, 0.15) is 5.75 Å². The predicted molar refractivity (Wildman–Crippen MR) is 92.9 cm³/mol. The molecule has 1 aliphatic rings. The van der Waals surface area contributed by atoms with E-state index in [-0.39, 0.29) is 5.82 Å². The molecule has 1 aliphatic heterocycles. The van der Waals surface area contributed by atoms with Gasteiger partial charge in [-0.15, -0.1) is 0 Å². The van der Waals surface area contributed by atoms with E-state index in [9.17, 15) is 10.1 Å². The highest BCUT2D eigenvalue weighted by Crippen LogP contribution is 2.17. The Labute approximate surface area is 142 Å². The van der Waals surface area contributed by atoms with Crippen molar-refractivity contribution in [3.63, 3.8) is 0 Å². The maximum absolute atomic E-state index is 10.2. The largest absolute Gasteiger partial charge is 0.494 e. The summed E-state index contributed by atoms with van der Waals surface area (Å²) in [7, 11) is 0. The van der Waals surface area contributed by atoms with Crippen molar-refractivity contribution in [2.45, 2.75) is 32.2 Å². The van der Waals surface area contributed by atoms with Crippen LogP contribution in [0.25, 0.3) is 0 Å². The highest BCUT2D eigenvalue weighted by atomic mass is 16.6.